The Kier molecular flexibility index (Phi) is 4.48. The molecule has 2 aromatic rings. The summed E-state index contributed by atoms with van der Waals surface area (Å²) in [5, 5.41) is 0. The Bertz CT molecular complexity index is 740. The summed E-state index contributed by atoms with van der Waals surface area (Å²) in [5.41, 5.74) is 3.40. The zero-order chi connectivity index (χ0) is 17.3. The molecule has 0 saturated carbocycles. The van der Waals surface area contributed by atoms with Gasteiger partial charge in [-0.2, -0.15) is 0 Å². The predicted octanol–water partition coefficient (Wildman–Crippen LogP) is 2.96. The van der Waals surface area contributed by atoms with Crippen LogP contribution in [0.25, 0.3) is 0 Å². The summed E-state index contributed by atoms with van der Waals surface area (Å²) >= 11 is 0. The molecule has 2 aliphatic rings. The molecular weight excluding hydrogens is 308 g/mol. The number of imidazole rings is 1. The second kappa shape index (κ2) is 6.77. The van der Waals surface area contributed by atoms with E-state index in [1.807, 2.05) is 18.5 Å². The van der Waals surface area contributed by atoms with Crippen molar-refractivity contribution in [1.29, 1.82) is 0 Å². The zero-order valence-corrected chi connectivity index (χ0v) is 15.2. The van der Waals surface area contributed by atoms with Crippen LogP contribution in [0.4, 0.5) is 0 Å². The van der Waals surface area contributed by atoms with E-state index in [-0.39, 0.29) is 0 Å². The molecule has 1 saturated heterocycles. The quantitative estimate of drug-likeness (QED) is 0.802. The van der Waals surface area contributed by atoms with Gasteiger partial charge in [0.15, 0.2) is 0 Å². The van der Waals surface area contributed by atoms with Crippen LogP contribution in [-0.4, -0.2) is 45.5 Å². The number of rotatable bonds is 4. The fourth-order valence-corrected chi connectivity index (χ4v) is 4.61. The zero-order valence-electron chi connectivity index (χ0n) is 15.2. The van der Waals surface area contributed by atoms with E-state index < -0.39 is 0 Å². The van der Waals surface area contributed by atoms with Gasteiger partial charge in [0.2, 0.25) is 0 Å². The van der Waals surface area contributed by atoms with Gasteiger partial charge in [-0.1, -0.05) is 30.3 Å². The van der Waals surface area contributed by atoms with Crippen molar-refractivity contribution in [3.8, 4) is 0 Å². The minimum Gasteiger partial charge on any atom is -0.337 e. The molecule has 1 spiro atoms. The van der Waals surface area contributed by atoms with Crippen LogP contribution in [0.2, 0.25) is 0 Å². The van der Waals surface area contributed by atoms with Crippen LogP contribution in [0.3, 0.4) is 0 Å². The molecule has 0 atom stereocenters. The van der Waals surface area contributed by atoms with Crippen molar-refractivity contribution in [1.82, 2.24) is 19.4 Å². The van der Waals surface area contributed by atoms with Crippen LogP contribution in [0.5, 0.6) is 0 Å². The van der Waals surface area contributed by atoms with Crippen molar-refractivity contribution in [2.45, 2.75) is 31.3 Å². The highest BCUT2D eigenvalue weighted by molar-refractivity contribution is 5.38. The highest BCUT2D eigenvalue weighted by atomic mass is 15.2. The fraction of sp³-hybridized carbons (Fsp3) is 0.476. The Labute approximate surface area is 150 Å². The topological polar surface area (TPSA) is 24.3 Å². The standard InChI is InChI=1S/C21H28N4/c1-3-11-25-15-18-6-4-5-7-19(18)21(17-25)8-12-24(13-9-21)16-20-22-10-14-23(20)2/h3-7,10,14H,1,8-9,11-13,15-17H2,2H3. The van der Waals surface area contributed by atoms with Gasteiger partial charge >= 0.3 is 0 Å². The van der Waals surface area contributed by atoms with Gasteiger partial charge in [-0.15, -0.1) is 6.58 Å². The first kappa shape index (κ1) is 16.6. The van der Waals surface area contributed by atoms with E-state index in [9.17, 15) is 0 Å². The van der Waals surface area contributed by atoms with Crippen molar-refractivity contribution in [2.24, 2.45) is 7.05 Å². The molecule has 25 heavy (non-hydrogen) atoms. The van der Waals surface area contributed by atoms with Gasteiger partial charge in [0.25, 0.3) is 0 Å². The summed E-state index contributed by atoms with van der Waals surface area (Å²) in [4.78, 5) is 9.61. The third-order valence-electron chi connectivity index (χ3n) is 6.00. The summed E-state index contributed by atoms with van der Waals surface area (Å²) in [7, 11) is 2.08. The summed E-state index contributed by atoms with van der Waals surface area (Å²) in [5.74, 6) is 1.16. The molecule has 0 bridgehead atoms. The number of aryl methyl sites for hydroxylation is 1. The molecule has 4 rings (SSSR count). The van der Waals surface area contributed by atoms with E-state index in [4.69, 9.17) is 0 Å². The van der Waals surface area contributed by atoms with Crippen LogP contribution in [0.15, 0.2) is 49.3 Å². The Morgan fingerprint density at radius 2 is 2.00 bits per heavy atom. The maximum atomic E-state index is 4.49. The normalized spacial score (nSPS) is 20.5. The van der Waals surface area contributed by atoms with Crippen molar-refractivity contribution in [3.05, 3.63) is 66.3 Å². The lowest BCUT2D eigenvalue weighted by Gasteiger charge is -2.48. The highest BCUT2D eigenvalue weighted by Crippen LogP contribution is 2.41. The Balaban J connectivity index is 1.52. The number of nitrogens with zero attached hydrogens (tertiary/aromatic N) is 4. The van der Waals surface area contributed by atoms with Crippen molar-refractivity contribution >= 4 is 0 Å². The van der Waals surface area contributed by atoms with Crippen LogP contribution in [-0.2, 0) is 25.6 Å². The van der Waals surface area contributed by atoms with Crippen LogP contribution in [0, 0.1) is 0 Å². The summed E-state index contributed by atoms with van der Waals surface area (Å²) in [6.45, 7) is 10.4. The maximum Gasteiger partial charge on any atom is 0.122 e. The van der Waals surface area contributed by atoms with Crippen molar-refractivity contribution in [2.75, 3.05) is 26.2 Å². The second-order valence-electron chi connectivity index (χ2n) is 7.63. The van der Waals surface area contributed by atoms with Gasteiger partial charge in [-0.25, -0.2) is 4.98 Å². The average Bonchev–Trinajstić information content (AvgIpc) is 3.02. The van der Waals surface area contributed by atoms with Crippen molar-refractivity contribution in [3.63, 3.8) is 0 Å². The molecule has 2 aliphatic heterocycles. The minimum absolute atomic E-state index is 0.302. The Hall–Kier alpha value is -1.91. The smallest absolute Gasteiger partial charge is 0.122 e. The van der Waals surface area contributed by atoms with E-state index in [1.165, 1.54) is 18.4 Å². The number of benzene rings is 1. The molecule has 0 aliphatic carbocycles. The monoisotopic (exact) mass is 336 g/mol. The highest BCUT2D eigenvalue weighted by Gasteiger charge is 2.41. The molecule has 1 aromatic heterocycles. The van der Waals surface area contributed by atoms with Gasteiger partial charge in [0.05, 0.1) is 6.54 Å². The number of hydrogen-bond donors (Lipinski definition) is 0. The summed E-state index contributed by atoms with van der Waals surface area (Å²) < 4.78 is 2.13. The molecule has 0 radical (unpaired) electrons. The first-order chi connectivity index (χ1) is 12.2. The third-order valence-corrected chi connectivity index (χ3v) is 6.00. The van der Waals surface area contributed by atoms with Gasteiger partial charge in [0.1, 0.15) is 5.82 Å². The maximum absolute atomic E-state index is 4.49. The molecule has 4 heteroatoms. The van der Waals surface area contributed by atoms with Gasteiger partial charge in [0, 0.05) is 44.5 Å². The van der Waals surface area contributed by atoms with E-state index in [0.29, 0.717) is 5.41 Å². The molecule has 0 N–H and O–H groups in total. The number of fused-ring (bicyclic) bond motifs is 2. The Morgan fingerprint density at radius 1 is 1.20 bits per heavy atom. The van der Waals surface area contributed by atoms with E-state index in [0.717, 1.165) is 45.1 Å². The number of aromatic nitrogens is 2. The van der Waals surface area contributed by atoms with Crippen LogP contribution in [0.1, 0.15) is 29.8 Å². The summed E-state index contributed by atoms with van der Waals surface area (Å²) in [6.07, 6.45) is 8.42. The van der Waals surface area contributed by atoms with E-state index in [1.54, 1.807) is 5.56 Å². The van der Waals surface area contributed by atoms with Crippen LogP contribution < -0.4 is 0 Å². The lowest BCUT2D eigenvalue weighted by atomic mass is 9.69. The van der Waals surface area contributed by atoms with Crippen molar-refractivity contribution < 1.29 is 0 Å². The van der Waals surface area contributed by atoms with Gasteiger partial charge < -0.3 is 4.57 Å². The third kappa shape index (κ3) is 3.16. The summed E-state index contributed by atoms with van der Waals surface area (Å²) in [6, 6.07) is 9.08. The second-order valence-corrected chi connectivity index (χ2v) is 7.63. The van der Waals surface area contributed by atoms with Gasteiger partial charge in [-0.05, 0) is 37.1 Å². The molecule has 0 unspecified atom stereocenters. The lowest BCUT2D eigenvalue weighted by molar-refractivity contribution is 0.0984. The molecule has 132 valence electrons. The SMILES string of the molecule is C=CCN1Cc2ccccc2C2(CCN(Cc3nccn3C)CC2)C1. The largest absolute Gasteiger partial charge is 0.337 e. The number of piperidine rings is 1. The lowest BCUT2D eigenvalue weighted by Crippen LogP contribution is -2.51. The number of hydrogen-bond acceptors (Lipinski definition) is 3. The fourth-order valence-electron chi connectivity index (χ4n) is 4.61. The van der Waals surface area contributed by atoms with Gasteiger partial charge in [-0.3, -0.25) is 9.80 Å². The first-order valence-corrected chi connectivity index (χ1v) is 9.30. The van der Waals surface area contributed by atoms with E-state index in [2.05, 4.69) is 57.2 Å². The molecule has 1 fully saturated rings. The minimum atomic E-state index is 0.302. The molecule has 0 amide bonds. The molecular formula is C21H28N4. The first-order valence-electron chi connectivity index (χ1n) is 9.30. The molecule has 1 aromatic carbocycles. The van der Waals surface area contributed by atoms with Crippen LogP contribution >= 0.6 is 0 Å². The number of likely N-dealkylation sites (tertiary alicyclic amines) is 1. The molecule has 4 nitrogen and oxygen atoms in total. The predicted molar refractivity (Wildman–Crippen MR) is 101 cm³/mol. The average molecular weight is 336 g/mol. The van der Waals surface area contributed by atoms with E-state index >= 15 is 0 Å². The Morgan fingerprint density at radius 3 is 2.72 bits per heavy atom. The molecule has 3 heterocycles.